The zero-order chi connectivity index (χ0) is 19.7. The Kier molecular flexibility index (Phi) is 10.4. The van der Waals surface area contributed by atoms with Crippen molar-refractivity contribution in [2.45, 2.75) is 24.8 Å². The van der Waals surface area contributed by atoms with Gasteiger partial charge in [-0.15, -0.1) is 24.0 Å². The van der Waals surface area contributed by atoms with E-state index >= 15 is 0 Å². The maximum Gasteiger partial charge on any atom is 0.193 e. The summed E-state index contributed by atoms with van der Waals surface area (Å²) < 4.78 is 37.9. The minimum Gasteiger partial charge on any atom is -0.357 e. The Balaban J connectivity index is 0.00000392. The minimum absolute atomic E-state index is 0. The monoisotopic (exact) mass is 519 g/mol. The molecule has 2 rings (SSSR count). The van der Waals surface area contributed by atoms with Crippen molar-refractivity contribution in [1.82, 2.24) is 10.2 Å². The van der Waals surface area contributed by atoms with Crippen LogP contribution < -0.4 is 5.32 Å². The second kappa shape index (κ2) is 12.0. The summed E-state index contributed by atoms with van der Waals surface area (Å²) in [5.74, 6) is 0.445. The fourth-order valence-corrected chi connectivity index (χ4v) is 3.96. The topological polar surface area (TPSA) is 61.8 Å². The van der Waals surface area contributed by atoms with Gasteiger partial charge in [0.2, 0.25) is 0 Å². The molecule has 0 aliphatic carbocycles. The molecular weight excluding hydrogens is 492 g/mol. The van der Waals surface area contributed by atoms with Gasteiger partial charge in [0, 0.05) is 26.7 Å². The molecule has 0 radical (unpaired) electrons. The van der Waals surface area contributed by atoms with Gasteiger partial charge < -0.3 is 10.2 Å². The smallest absolute Gasteiger partial charge is 0.193 e. The zero-order valence-corrected chi connectivity index (χ0v) is 19.3. The Morgan fingerprint density at radius 1 is 1.14 bits per heavy atom. The summed E-state index contributed by atoms with van der Waals surface area (Å²) in [7, 11) is -1.42. The quantitative estimate of drug-likeness (QED) is 0.250. The molecule has 0 saturated heterocycles. The van der Waals surface area contributed by atoms with Crippen molar-refractivity contribution >= 4 is 39.8 Å². The molecule has 0 heterocycles. The molecule has 0 fully saturated rings. The molecule has 1 N–H and O–H groups in total. The molecule has 0 spiro atoms. The molecule has 2 aromatic carbocycles. The molecule has 5 nitrogen and oxygen atoms in total. The van der Waals surface area contributed by atoms with Crippen LogP contribution in [0.25, 0.3) is 0 Å². The van der Waals surface area contributed by atoms with E-state index in [0.29, 0.717) is 36.9 Å². The fourth-order valence-electron chi connectivity index (χ4n) is 2.64. The fraction of sp³-hybridized carbons (Fsp3) is 0.350. The van der Waals surface area contributed by atoms with E-state index in [-0.39, 0.29) is 35.5 Å². The molecule has 0 amide bonds. The van der Waals surface area contributed by atoms with E-state index in [0.717, 1.165) is 5.56 Å². The largest absolute Gasteiger partial charge is 0.357 e. The van der Waals surface area contributed by atoms with E-state index in [1.54, 1.807) is 36.4 Å². The van der Waals surface area contributed by atoms with Crippen molar-refractivity contribution in [3.8, 4) is 0 Å². The van der Waals surface area contributed by atoms with Crippen LogP contribution in [-0.4, -0.2) is 45.2 Å². The number of benzene rings is 2. The Labute approximate surface area is 184 Å². The van der Waals surface area contributed by atoms with Crippen molar-refractivity contribution in [3.05, 3.63) is 66.0 Å². The van der Waals surface area contributed by atoms with Gasteiger partial charge in [0.05, 0.1) is 10.6 Å². The third kappa shape index (κ3) is 7.75. The van der Waals surface area contributed by atoms with Gasteiger partial charge in [-0.1, -0.05) is 30.3 Å². The van der Waals surface area contributed by atoms with Crippen LogP contribution in [-0.2, 0) is 16.4 Å². The summed E-state index contributed by atoms with van der Waals surface area (Å²) in [6, 6.07) is 14.9. The van der Waals surface area contributed by atoms with Gasteiger partial charge >= 0.3 is 0 Å². The lowest BCUT2D eigenvalue weighted by Gasteiger charge is -2.22. The van der Waals surface area contributed by atoms with Crippen LogP contribution >= 0.6 is 24.0 Å². The highest BCUT2D eigenvalue weighted by Crippen LogP contribution is 2.11. The van der Waals surface area contributed by atoms with Crippen molar-refractivity contribution in [2.24, 2.45) is 4.99 Å². The average Bonchev–Trinajstić information content (AvgIpc) is 2.65. The lowest BCUT2D eigenvalue weighted by atomic mass is 10.2. The minimum atomic E-state index is -3.29. The highest BCUT2D eigenvalue weighted by atomic mass is 127. The van der Waals surface area contributed by atoms with E-state index in [1.165, 1.54) is 12.1 Å². The Morgan fingerprint density at radius 2 is 1.86 bits per heavy atom. The summed E-state index contributed by atoms with van der Waals surface area (Å²) in [6.07, 6.45) is 0.430. The first-order chi connectivity index (χ1) is 12.9. The first-order valence-electron chi connectivity index (χ1n) is 8.94. The van der Waals surface area contributed by atoms with Crippen LogP contribution in [0.5, 0.6) is 0 Å². The van der Waals surface area contributed by atoms with Gasteiger partial charge in [-0.3, -0.25) is 4.99 Å². The van der Waals surface area contributed by atoms with Crippen LogP contribution in [0.2, 0.25) is 0 Å². The Morgan fingerprint density at radius 3 is 2.50 bits per heavy atom. The standard InChI is InChI=1S/C20H26FN3O2S.HI/c1-3-22-20(24(2)16-17-9-7-10-18(21)15-17)23-13-8-14-27(25,26)19-11-5-4-6-12-19;/h4-7,9-12,15H,3,8,13-14,16H2,1-2H3,(H,22,23);1H. The molecule has 0 saturated carbocycles. The molecule has 0 bridgehead atoms. The van der Waals surface area contributed by atoms with E-state index < -0.39 is 9.84 Å². The third-order valence-corrected chi connectivity index (χ3v) is 5.76. The van der Waals surface area contributed by atoms with Crippen LogP contribution in [0, 0.1) is 5.82 Å². The molecule has 0 aliphatic rings. The van der Waals surface area contributed by atoms with Crippen LogP contribution in [0.4, 0.5) is 4.39 Å². The summed E-state index contributed by atoms with van der Waals surface area (Å²) in [5.41, 5.74) is 0.842. The highest BCUT2D eigenvalue weighted by molar-refractivity contribution is 14.0. The Hall–Kier alpha value is -1.68. The molecule has 2 aromatic rings. The lowest BCUT2D eigenvalue weighted by Crippen LogP contribution is -2.38. The second-order valence-electron chi connectivity index (χ2n) is 6.21. The predicted octanol–water partition coefficient (Wildman–Crippen LogP) is 3.71. The number of guanidine groups is 1. The third-order valence-electron chi connectivity index (χ3n) is 3.94. The van der Waals surface area contributed by atoms with Crippen molar-refractivity contribution in [3.63, 3.8) is 0 Å². The summed E-state index contributed by atoms with van der Waals surface area (Å²) in [5, 5.41) is 3.18. The van der Waals surface area contributed by atoms with Gasteiger partial charge in [-0.2, -0.15) is 0 Å². The Bertz CT molecular complexity index is 861. The number of nitrogens with zero attached hydrogens (tertiary/aromatic N) is 2. The van der Waals surface area contributed by atoms with Gasteiger partial charge in [-0.25, -0.2) is 12.8 Å². The van der Waals surface area contributed by atoms with Gasteiger partial charge in [0.25, 0.3) is 0 Å². The normalized spacial score (nSPS) is 11.6. The molecule has 0 atom stereocenters. The summed E-state index contributed by atoms with van der Waals surface area (Å²) in [4.78, 5) is 6.73. The predicted molar refractivity (Wildman–Crippen MR) is 122 cm³/mol. The number of nitrogens with one attached hydrogen (secondary N) is 1. The lowest BCUT2D eigenvalue weighted by molar-refractivity contribution is 0.475. The van der Waals surface area contributed by atoms with Crippen LogP contribution in [0.3, 0.4) is 0 Å². The second-order valence-corrected chi connectivity index (χ2v) is 8.32. The first-order valence-corrected chi connectivity index (χ1v) is 10.6. The maximum absolute atomic E-state index is 13.3. The van der Waals surface area contributed by atoms with E-state index in [4.69, 9.17) is 0 Å². The molecule has 8 heteroatoms. The first kappa shape index (κ1) is 24.4. The van der Waals surface area contributed by atoms with E-state index in [2.05, 4.69) is 10.3 Å². The van der Waals surface area contributed by atoms with E-state index in [9.17, 15) is 12.8 Å². The van der Waals surface area contributed by atoms with Crippen LogP contribution in [0.15, 0.2) is 64.5 Å². The zero-order valence-electron chi connectivity index (χ0n) is 16.1. The molecule has 0 aliphatic heterocycles. The number of halogens is 2. The SMILES string of the molecule is CCNC(=NCCCS(=O)(=O)c1ccccc1)N(C)Cc1cccc(F)c1.I. The molecular formula is C20H27FIN3O2S. The number of hydrogen-bond acceptors (Lipinski definition) is 3. The molecule has 0 aromatic heterocycles. The van der Waals surface area contributed by atoms with Gasteiger partial charge in [-0.05, 0) is 43.2 Å². The van der Waals surface area contributed by atoms with E-state index in [1.807, 2.05) is 24.9 Å². The molecule has 28 heavy (non-hydrogen) atoms. The number of hydrogen-bond donors (Lipinski definition) is 1. The molecule has 154 valence electrons. The van der Waals surface area contributed by atoms with Gasteiger partial charge in [0.15, 0.2) is 15.8 Å². The molecule has 0 unspecified atom stereocenters. The summed E-state index contributed by atoms with van der Waals surface area (Å²) in [6.45, 7) is 3.55. The van der Waals surface area contributed by atoms with Crippen molar-refractivity contribution < 1.29 is 12.8 Å². The van der Waals surface area contributed by atoms with Crippen molar-refractivity contribution in [2.75, 3.05) is 25.9 Å². The average molecular weight is 519 g/mol. The number of rotatable bonds is 8. The van der Waals surface area contributed by atoms with Crippen molar-refractivity contribution in [1.29, 1.82) is 0 Å². The maximum atomic E-state index is 13.3. The van der Waals surface area contributed by atoms with Crippen LogP contribution in [0.1, 0.15) is 18.9 Å². The highest BCUT2D eigenvalue weighted by Gasteiger charge is 2.13. The number of aliphatic imine (C=N–C) groups is 1. The summed E-state index contributed by atoms with van der Waals surface area (Å²) >= 11 is 0. The number of sulfone groups is 1. The van der Waals surface area contributed by atoms with Gasteiger partial charge in [0.1, 0.15) is 5.82 Å².